The average Bonchev–Trinajstić information content (AvgIpc) is 3.30. The van der Waals surface area contributed by atoms with Crippen molar-refractivity contribution in [3.05, 3.63) is 45.5 Å². The van der Waals surface area contributed by atoms with Crippen LogP contribution in [-0.2, 0) is 25.9 Å². The quantitative estimate of drug-likeness (QED) is 0.677. The highest BCUT2D eigenvalue weighted by Crippen LogP contribution is 2.23. The lowest BCUT2D eigenvalue weighted by molar-refractivity contribution is -0.137. The lowest BCUT2D eigenvalue weighted by atomic mass is 10.2. The van der Waals surface area contributed by atoms with E-state index in [2.05, 4.69) is 0 Å². The smallest absolute Gasteiger partial charge is 0.339 e. The molecule has 0 unspecified atom stereocenters. The van der Waals surface area contributed by atoms with Gasteiger partial charge in [-0.2, -0.15) is 0 Å². The summed E-state index contributed by atoms with van der Waals surface area (Å²) < 4.78 is 34.1. The van der Waals surface area contributed by atoms with Crippen LogP contribution in [0.3, 0.4) is 0 Å². The number of aryl methyl sites for hydroxylation is 2. The fourth-order valence-corrected chi connectivity index (χ4v) is 5.78. The van der Waals surface area contributed by atoms with Gasteiger partial charge in [0.1, 0.15) is 5.76 Å². The Labute approximate surface area is 161 Å². The van der Waals surface area contributed by atoms with Gasteiger partial charge in [-0.05, 0) is 38.5 Å². The lowest BCUT2D eigenvalue weighted by Gasteiger charge is -2.27. The van der Waals surface area contributed by atoms with Crippen LogP contribution in [-0.4, -0.2) is 49.3 Å². The molecule has 0 saturated carbocycles. The topological polar surface area (TPSA) is 93.9 Å². The number of sulfone groups is 1. The van der Waals surface area contributed by atoms with E-state index in [1.807, 2.05) is 13.8 Å². The second-order valence-electron chi connectivity index (χ2n) is 6.56. The molecule has 1 saturated heterocycles. The summed E-state index contributed by atoms with van der Waals surface area (Å²) in [5.74, 6) is -0.486. The Hall–Kier alpha value is -2.13. The van der Waals surface area contributed by atoms with E-state index in [4.69, 9.17) is 9.15 Å². The summed E-state index contributed by atoms with van der Waals surface area (Å²) in [6, 6.07) is 4.70. The molecule has 3 heterocycles. The van der Waals surface area contributed by atoms with Gasteiger partial charge in [0.05, 0.1) is 29.9 Å². The van der Waals surface area contributed by atoms with Gasteiger partial charge in [0.25, 0.3) is 5.91 Å². The minimum Gasteiger partial charge on any atom is -0.467 e. The van der Waals surface area contributed by atoms with E-state index in [1.165, 1.54) is 22.5 Å². The van der Waals surface area contributed by atoms with Gasteiger partial charge in [-0.25, -0.2) is 13.2 Å². The van der Waals surface area contributed by atoms with E-state index in [1.54, 1.807) is 18.2 Å². The normalized spacial score (nSPS) is 18.4. The van der Waals surface area contributed by atoms with Crippen molar-refractivity contribution in [3.63, 3.8) is 0 Å². The molecule has 0 aliphatic carbocycles. The molecule has 0 aromatic carbocycles. The van der Waals surface area contributed by atoms with Crippen LogP contribution in [0.5, 0.6) is 0 Å². The van der Waals surface area contributed by atoms with Crippen LogP contribution < -0.4 is 0 Å². The molecule has 0 radical (unpaired) electrons. The summed E-state index contributed by atoms with van der Waals surface area (Å²) in [5, 5.41) is 0. The van der Waals surface area contributed by atoms with E-state index >= 15 is 0 Å². The van der Waals surface area contributed by atoms with Crippen LogP contribution in [0.4, 0.5) is 0 Å². The Bertz CT molecular complexity index is 929. The van der Waals surface area contributed by atoms with E-state index in [0.29, 0.717) is 17.7 Å². The first-order chi connectivity index (χ1) is 12.7. The molecule has 1 amide bonds. The molecule has 2 aromatic heterocycles. The summed E-state index contributed by atoms with van der Waals surface area (Å²) in [6.07, 6.45) is 1.86. The predicted octanol–water partition coefficient (Wildman–Crippen LogP) is 2.33. The van der Waals surface area contributed by atoms with Gasteiger partial charge in [0.2, 0.25) is 0 Å². The monoisotopic (exact) mass is 411 g/mol. The number of ether oxygens (including phenoxy) is 1. The molecular formula is C18H21NO6S2. The van der Waals surface area contributed by atoms with Crippen LogP contribution in [0.2, 0.25) is 0 Å². The van der Waals surface area contributed by atoms with Crippen molar-refractivity contribution in [3.8, 4) is 0 Å². The Kier molecular flexibility index (Phi) is 5.71. The first-order valence-electron chi connectivity index (χ1n) is 8.51. The van der Waals surface area contributed by atoms with Crippen molar-refractivity contribution in [2.45, 2.75) is 32.9 Å². The molecule has 27 heavy (non-hydrogen) atoms. The molecule has 1 atom stereocenters. The summed E-state index contributed by atoms with van der Waals surface area (Å²) in [6.45, 7) is 3.42. The Morgan fingerprint density at radius 2 is 2.15 bits per heavy atom. The highest BCUT2D eigenvalue weighted by molar-refractivity contribution is 7.91. The molecule has 0 bridgehead atoms. The molecular weight excluding hydrogens is 390 g/mol. The van der Waals surface area contributed by atoms with Gasteiger partial charge < -0.3 is 14.1 Å². The van der Waals surface area contributed by atoms with Gasteiger partial charge >= 0.3 is 5.97 Å². The maximum absolute atomic E-state index is 12.7. The number of amides is 1. The van der Waals surface area contributed by atoms with Crippen molar-refractivity contribution < 1.29 is 27.2 Å². The zero-order valence-corrected chi connectivity index (χ0v) is 16.8. The van der Waals surface area contributed by atoms with Crippen molar-refractivity contribution in [2.75, 3.05) is 18.1 Å². The molecule has 2 aromatic rings. The summed E-state index contributed by atoms with van der Waals surface area (Å²) >= 11 is 1.49. The van der Waals surface area contributed by atoms with Crippen LogP contribution in [0.25, 0.3) is 0 Å². The molecule has 1 fully saturated rings. The number of hydrogen-bond acceptors (Lipinski definition) is 7. The van der Waals surface area contributed by atoms with E-state index in [-0.39, 0.29) is 18.1 Å². The van der Waals surface area contributed by atoms with Gasteiger partial charge in [-0.15, -0.1) is 11.3 Å². The molecule has 1 aliphatic rings. The van der Waals surface area contributed by atoms with Crippen molar-refractivity contribution in [2.24, 2.45) is 0 Å². The number of thiophene rings is 1. The third-order valence-electron chi connectivity index (χ3n) is 4.46. The first-order valence-corrected chi connectivity index (χ1v) is 11.2. The molecule has 146 valence electrons. The van der Waals surface area contributed by atoms with Gasteiger partial charge in [0, 0.05) is 15.8 Å². The van der Waals surface area contributed by atoms with E-state index < -0.39 is 34.4 Å². The molecule has 7 nitrogen and oxygen atoms in total. The second-order valence-corrected chi connectivity index (χ2v) is 10.3. The maximum Gasteiger partial charge on any atom is 0.339 e. The van der Waals surface area contributed by atoms with Gasteiger partial charge in [-0.3, -0.25) is 4.79 Å². The summed E-state index contributed by atoms with van der Waals surface area (Å²) in [4.78, 5) is 28.2. The number of carbonyl (C=O) groups excluding carboxylic acids is 2. The number of hydrogen-bond donors (Lipinski definition) is 0. The lowest BCUT2D eigenvalue weighted by Crippen LogP contribution is -2.42. The fraction of sp³-hybridized carbons (Fsp3) is 0.444. The molecule has 0 spiro atoms. The minimum absolute atomic E-state index is 0.0484. The number of esters is 1. The highest BCUT2D eigenvalue weighted by atomic mass is 32.2. The van der Waals surface area contributed by atoms with E-state index in [0.717, 1.165) is 9.75 Å². The highest BCUT2D eigenvalue weighted by Gasteiger charge is 2.35. The van der Waals surface area contributed by atoms with E-state index in [9.17, 15) is 18.0 Å². The molecule has 1 aliphatic heterocycles. The number of rotatable bonds is 6. The largest absolute Gasteiger partial charge is 0.467 e. The van der Waals surface area contributed by atoms with Crippen LogP contribution in [0.1, 0.15) is 32.3 Å². The molecule has 0 N–H and O–H groups in total. The zero-order valence-electron chi connectivity index (χ0n) is 15.1. The summed E-state index contributed by atoms with van der Waals surface area (Å²) in [5.41, 5.74) is 0.450. The third-order valence-corrected chi connectivity index (χ3v) is 7.18. The maximum atomic E-state index is 12.7. The Balaban J connectivity index is 1.69. The minimum atomic E-state index is -3.16. The third kappa shape index (κ3) is 4.78. The predicted molar refractivity (Wildman–Crippen MR) is 100 cm³/mol. The van der Waals surface area contributed by atoms with Crippen LogP contribution in [0.15, 0.2) is 28.9 Å². The SMILES string of the molecule is Cc1cc(C(=O)OCC(=O)N(Cc2ccco2)[C@@H]2CCS(=O)(=O)C2)c(C)s1. The Morgan fingerprint density at radius 3 is 2.70 bits per heavy atom. The number of furan rings is 1. The van der Waals surface area contributed by atoms with Crippen molar-refractivity contribution in [1.29, 1.82) is 0 Å². The second kappa shape index (κ2) is 7.85. The average molecular weight is 412 g/mol. The number of carbonyl (C=O) groups is 2. The molecule has 3 rings (SSSR count). The van der Waals surface area contributed by atoms with Crippen molar-refractivity contribution >= 4 is 33.1 Å². The zero-order chi connectivity index (χ0) is 19.6. The standard InChI is InChI=1S/C18H21NO6S2/c1-12-8-16(13(2)26-12)18(21)25-10-17(20)19(9-15-4-3-6-24-15)14-5-7-27(22,23)11-14/h3-4,6,8,14H,5,7,9-11H2,1-2H3/t14-/m1/s1. The Morgan fingerprint density at radius 1 is 1.37 bits per heavy atom. The summed E-state index contributed by atoms with van der Waals surface area (Å²) in [7, 11) is -3.16. The fourth-order valence-electron chi connectivity index (χ4n) is 3.13. The number of nitrogens with zero attached hydrogens (tertiary/aromatic N) is 1. The van der Waals surface area contributed by atoms with Gasteiger partial charge in [-0.1, -0.05) is 0 Å². The van der Waals surface area contributed by atoms with Crippen molar-refractivity contribution in [1.82, 2.24) is 4.90 Å². The van der Waals surface area contributed by atoms with Gasteiger partial charge in [0.15, 0.2) is 16.4 Å². The molecule has 9 heteroatoms. The first kappa shape index (κ1) is 19.6. The van der Waals surface area contributed by atoms with Crippen LogP contribution >= 0.6 is 11.3 Å². The van der Waals surface area contributed by atoms with Crippen LogP contribution in [0, 0.1) is 13.8 Å².